The van der Waals surface area contributed by atoms with E-state index in [9.17, 15) is 4.79 Å². The molecule has 2 rings (SSSR count). The average Bonchev–Trinajstić information content (AvgIpc) is 2.55. The number of quaternary nitrogens is 1. The summed E-state index contributed by atoms with van der Waals surface area (Å²) in [7, 11) is 0. The predicted octanol–water partition coefficient (Wildman–Crippen LogP) is 2.62. The number of benzene rings is 2. The maximum absolute atomic E-state index is 12.3. The third kappa shape index (κ3) is 5.70. The van der Waals surface area contributed by atoms with Crippen molar-refractivity contribution in [3.05, 3.63) is 70.7 Å². The quantitative estimate of drug-likeness (QED) is 0.803. The van der Waals surface area contributed by atoms with Crippen molar-refractivity contribution in [1.82, 2.24) is 5.32 Å². The Balaban J connectivity index is 1.88. The summed E-state index contributed by atoms with van der Waals surface area (Å²) in [6, 6.07) is 17.8. The molecule has 1 amide bonds. The first-order chi connectivity index (χ1) is 11.1. The lowest BCUT2D eigenvalue weighted by atomic mass is 10.1. The third-order valence-corrected chi connectivity index (χ3v) is 4.21. The highest BCUT2D eigenvalue weighted by Crippen LogP contribution is 2.15. The SMILES string of the molecule is CC[NH+](CC(=O)N[C@@H](C)c1ccc(Cl)cc1)Cc1ccccc1. The molecule has 0 aliphatic heterocycles. The van der Waals surface area contributed by atoms with Gasteiger partial charge in [-0.05, 0) is 31.5 Å². The van der Waals surface area contributed by atoms with Crippen LogP contribution in [0.5, 0.6) is 0 Å². The van der Waals surface area contributed by atoms with Crippen LogP contribution in [0.15, 0.2) is 54.6 Å². The van der Waals surface area contributed by atoms with Gasteiger partial charge in [0.2, 0.25) is 0 Å². The lowest BCUT2D eigenvalue weighted by molar-refractivity contribution is -0.904. The maximum Gasteiger partial charge on any atom is 0.275 e. The lowest BCUT2D eigenvalue weighted by Crippen LogP contribution is -3.11. The molecule has 0 saturated heterocycles. The molecule has 3 nitrogen and oxygen atoms in total. The molecule has 23 heavy (non-hydrogen) atoms. The molecule has 0 fully saturated rings. The Hall–Kier alpha value is -1.84. The minimum Gasteiger partial charge on any atom is -0.345 e. The van der Waals surface area contributed by atoms with Crippen molar-refractivity contribution < 1.29 is 9.69 Å². The topological polar surface area (TPSA) is 33.5 Å². The number of carbonyl (C=O) groups is 1. The molecular weight excluding hydrogens is 308 g/mol. The first-order valence-corrected chi connectivity index (χ1v) is 8.38. The zero-order valence-corrected chi connectivity index (χ0v) is 14.4. The Labute approximate surface area is 143 Å². The molecule has 0 aliphatic rings. The van der Waals surface area contributed by atoms with Crippen LogP contribution in [-0.2, 0) is 11.3 Å². The molecule has 0 heterocycles. The van der Waals surface area contributed by atoms with Gasteiger partial charge in [-0.1, -0.05) is 54.1 Å². The summed E-state index contributed by atoms with van der Waals surface area (Å²) in [6.07, 6.45) is 0. The molecule has 0 aromatic heterocycles. The molecule has 0 aliphatic carbocycles. The fourth-order valence-corrected chi connectivity index (χ4v) is 2.68. The minimum absolute atomic E-state index is 0.0189. The fraction of sp³-hybridized carbons (Fsp3) is 0.316. The van der Waals surface area contributed by atoms with Crippen molar-refractivity contribution in [1.29, 1.82) is 0 Å². The van der Waals surface area contributed by atoms with E-state index in [0.717, 1.165) is 18.7 Å². The molecule has 2 aromatic rings. The summed E-state index contributed by atoms with van der Waals surface area (Å²) in [4.78, 5) is 13.5. The highest BCUT2D eigenvalue weighted by Gasteiger charge is 2.15. The number of hydrogen-bond donors (Lipinski definition) is 2. The van der Waals surface area contributed by atoms with Crippen molar-refractivity contribution >= 4 is 17.5 Å². The number of nitrogens with one attached hydrogen (secondary N) is 2. The molecule has 4 heteroatoms. The summed E-state index contributed by atoms with van der Waals surface area (Å²) in [5.41, 5.74) is 2.31. The van der Waals surface area contributed by atoms with Gasteiger partial charge in [0.15, 0.2) is 6.54 Å². The number of halogens is 1. The van der Waals surface area contributed by atoms with Gasteiger partial charge < -0.3 is 10.2 Å². The van der Waals surface area contributed by atoms with E-state index in [1.54, 1.807) is 0 Å². The molecule has 0 radical (unpaired) electrons. The zero-order chi connectivity index (χ0) is 16.7. The van der Waals surface area contributed by atoms with Crippen LogP contribution in [0.25, 0.3) is 0 Å². The van der Waals surface area contributed by atoms with Gasteiger partial charge in [0.1, 0.15) is 6.54 Å². The van der Waals surface area contributed by atoms with Crippen LogP contribution < -0.4 is 10.2 Å². The van der Waals surface area contributed by atoms with Crippen LogP contribution in [0, 0.1) is 0 Å². The Bertz CT molecular complexity index is 613. The zero-order valence-electron chi connectivity index (χ0n) is 13.7. The molecule has 2 aromatic carbocycles. The predicted molar refractivity (Wildman–Crippen MR) is 94.5 cm³/mol. The van der Waals surface area contributed by atoms with Crippen LogP contribution in [0.2, 0.25) is 5.02 Å². The molecule has 122 valence electrons. The molecule has 2 atom stereocenters. The van der Waals surface area contributed by atoms with Crippen molar-refractivity contribution in [3.63, 3.8) is 0 Å². The van der Waals surface area contributed by atoms with Crippen molar-refractivity contribution in [2.75, 3.05) is 13.1 Å². The van der Waals surface area contributed by atoms with Gasteiger partial charge in [0.05, 0.1) is 12.6 Å². The summed E-state index contributed by atoms with van der Waals surface area (Å²) < 4.78 is 0. The first-order valence-electron chi connectivity index (χ1n) is 8.00. The van der Waals surface area contributed by atoms with Gasteiger partial charge in [-0.2, -0.15) is 0 Å². The van der Waals surface area contributed by atoms with Gasteiger partial charge in [-0.25, -0.2) is 0 Å². The summed E-state index contributed by atoms with van der Waals surface area (Å²) >= 11 is 5.90. The van der Waals surface area contributed by atoms with Gasteiger partial charge >= 0.3 is 0 Å². The number of carbonyl (C=O) groups excluding carboxylic acids is 1. The Morgan fingerprint density at radius 2 is 1.78 bits per heavy atom. The smallest absolute Gasteiger partial charge is 0.275 e. The van der Waals surface area contributed by atoms with Crippen LogP contribution >= 0.6 is 11.6 Å². The summed E-state index contributed by atoms with van der Waals surface area (Å²) in [6.45, 7) is 6.35. The fourth-order valence-electron chi connectivity index (χ4n) is 2.55. The minimum atomic E-state index is -0.0189. The number of hydrogen-bond acceptors (Lipinski definition) is 1. The van der Waals surface area contributed by atoms with E-state index in [4.69, 9.17) is 11.6 Å². The van der Waals surface area contributed by atoms with Crippen molar-refractivity contribution in [2.45, 2.75) is 26.4 Å². The van der Waals surface area contributed by atoms with E-state index < -0.39 is 0 Å². The molecule has 0 saturated carbocycles. The second-order valence-corrected chi connectivity index (χ2v) is 6.22. The van der Waals surface area contributed by atoms with Gasteiger partial charge in [-0.3, -0.25) is 4.79 Å². The molecule has 0 spiro atoms. The Morgan fingerprint density at radius 3 is 2.39 bits per heavy atom. The van der Waals surface area contributed by atoms with Gasteiger partial charge in [-0.15, -0.1) is 0 Å². The normalized spacial score (nSPS) is 13.3. The Morgan fingerprint density at radius 1 is 1.13 bits per heavy atom. The third-order valence-electron chi connectivity index (χ3n) is 3.96. The van der Waals surface area contributed by atoms with Crippen LogP contribution in [0.3, 0.4) is 0 Å². The molecular formula is C19H24ClN2O+. The standard InChI is InChI=1S/C19H23ClN2O/c1-3-22(13-16-7-5-4-6-8-16)14-19(23)21-15(2)17-9-11-18(20)12-10-17/h4-12,15H,3,13-14H2,1-2H3,(H,21,23)/p+1/t15-/m0/s1. The monoisotopic (exact) mass is 331 g/mol. The van der Waals surface area contributed by atoms with Crippen molar-refractivity contribution in [3.8, 4) is 0 Å². The second kappa shape index (κ2) is 8.70. The van der Waals surface area contributed by atoms with E-state index in [1.807, 2.05) is 49.4 Å². The highest BCUT2D eigenvalue weighted by molar-refractivity contribution is 6.30. The van der Waals surface area contributed by atoms with E-state index >= 15 is 0 Å². The number of rotatable bonds is 7. The molecule has 1 unspecified atom stereocenters. The van der Waals surface area contributed by atoms with Crippen LogP contribution in [-0.4, -0.2) is 19.0 Å². The van der Waals surface area contributed by atoms with E-state index in [0.29, 0.717) is 11.6 Å². The van der Waals surface area contributed by atoms with Crippen LogP contribution in [0.1, 0.15) is 31.0 Å². The summed E-state index contributed by atoms with van der Waals surface area (Å²) in [5.74, 6) is 0.0697. The van der Waals surface area contributed by atoms with Crippen molar-refractivity contribution in [2.24, 2.45) is 0 Å². The molecule has 2 N–H and O–H groups in total. The van der Waals surface area contributed by atoms with Gasteiger partial charge in [0.25, 0.3) is 5.91 Å². The van der Waals surface area contributed by atoms with Gasteiger partial charge in [0, 0.05) is 10.6 Å². The first kappa shape index (κ1) is 17.5. The second-order valence-electron chi connectivity index (χ2n) is 5.78. The van der Waals surface area contributed by atoms with E-state index in [-0.39, 0.29) is 11.9 Å². The molecule has 0 bridgehead atoms. The lowest BCUT2D eigenvalue weighted by Gasteiger charge is -2.19. The average molecular weight is 332 g/mol. The maximum atomic E-state index is 12.3. The van der Waals surface area contributed by atoms with E-state index in [2.05, 4.69) is 24.4 Å². The number of amides is 1. The largest absolute Gasteiger partial charge is 0.345 e. The summed E-state index contributed by atoms with van der Waals surface area (Å²) in [5, 5.41) is 3.77. The van der Waals surface area contributed by atoms with E-state index in [1.165, 1.54) is 10.5 Å². The number of likely N-dealkylation sites (N-methyl/N-ethyl adjacent to an activating group) is 1. The highest BCUT2D eigenvalue weighted by atomic mass is 35.5. The van der Waals surface area contributed by atoms with Crippen LogP contribution in [0.4, 0.5) is 0 Å². The Kier molecular flexibility index (Phi) is 6.63.